The van der Waals surface area contributed by atoms with E-state index in [9.17, 15) is 5.11 Å². The lowest BCUT2D eigenvalue weighted by atomic mass is 9.60. The Bertz CT molecular complexity index is 142. The van der Waals surface area contributed by atoms with Gasteiger partial charge >= 0.3 is 0 Å². The first-order valence-electron chi connectivity index (χ1n) is 5.49. The van der Waals surface area contributed by atoms with E-state index in [1.165, 1.54) is 38.5 Å². The van der Waals surface area contributed by atoms with E-state index in [0.29, 0.717) is 11.8 Å². The molecule has 2 aliphatic rings. The van der Waals surface area contributed by atoms with E-state index >= 15 is 0 Å². The van der Waals surface area contributed by atoms with Crippen molar-refractivity contribution in [3.05, 3.63) is 0 Å². The molecule has 0 aromatic carbocycles. The highest BCUT2D eigenvalue weighted by atomic mass is 16.3. The normalized spacial score (nSPS) is 26.5. The van der Waals surface area contributed by atoms with E-state index in [1.807, 2.05) is 0 Å². The van der Waals surface area contributed by atoms with Gasteiger partial charge in [-0.15, -0.1) is 0 Å². The lowest BCUT2D eigenvalue weighted by Gasteiger charge is -2.49. The van der Waals surface area contributed by atoms with Crippen molar-refractivity contribution in [3.8, 4) is 0 Å². The van der Waals surface area contributed by atoms with Crippen LogP contribution in [-0.2, 0) is 0 Å². The maximum Gasteiger partial charge on any atom is 0.0701 e. The molecule has 2 rings (SSSR count). The van der Waals surface area contributed by atoms with Crippen molar-refractivity contribution in [2.24, 2.45) is 11.8 Å². The fourth-order valence-corrected chi connectivity index (χ4v) is 2.73. The number of aliphatic hydroxyl groups is 1. The Labute approximate surface area is 75.2 Å². The van der Waals surface area contributed by atoms with Gasteiger partial charge in [-0.2, -0.15) is 0 Å². The zero-order valence-electron chi connectivity index (χ0n) is 8.05. The van der Waals surface area contributed by atoms with Gasteiger partial charge in [0.1, 0.15) is 0 Å². The monoisotopic (exact) mass is 168 g/mol. The first kappa shape index (κ1) is 8.55. The molecule has 0 saturated heterocycles. The van der Waals surface area contributed by atoms with Crippen LogP contribution in [0.5, 0.6) is 0 Å². The SMILES string of the molecule is CCC(O)(C1CCC1)C1CCC1. The maximum absolute atomic E-state index is 10.5. The van der Waals surface area contributed by atoms with Crippen LogP contribution in [0.2, 0.25) is 0 Å². The van der Waals surface area contributed by atoms with Gasteiger partial charge in [0.05, 0.1) is 5.60 Å². The molecular weight excluding hydrogens is 148 g/mol. The van der Waals surface area contributed by atoms with Crippen molar-refractivity contribution in [2.45, 2.75) is 57.5 Å². The predicted octanol–water partition coefficient (Wildman–Crippen LogP) is 2.73. The van der Waals surface area contributed by atoms with Gasteiger partial charge in [0.25, 0.3) is 0 Å². The average Bonchev–Trinajstić information content (AvgIpc) is 1.79. The van der Waals surface area contributed by atoms with Crippen molar-refractivity contribution in [1.82, 2.24) is 0 Å². The molecule has 0 aliphatic heterocycles. The zero-order valence-corrected chi connectivity index (χ0v) is 8.05. The summed E-state index contributed by atoms with van der Waals surface area (Å²) in [6.07, 6.45) is 8.78. The van der Waals surface area contributed by atoms with E-state index in [0.717, 1.165) is 6.42 Å². The van der Waals surface area contributed by atoms with E-state index in [4.69, 9.17) is 0 Å². The molecular formula is C11H20O. The third kappa shape index (κ3) is 1.10. The second-order valence-corrected chi connectivity index (χ2v) is 4.60. The molecule has 12 heavy (non-hydrogen) atoms. The summed E-state index contributed by atoms with van der Waals surface area (Å²) in [6, 6.07) is 0. The molecule has 0 atom stereocenters. The summed E-state index contributed by atoms with van der Waals surface area (Å²) in [5, 5.41) is 10.5. The number of rotatable bonds is 3. The van der Waals surface area contributed by atoms with Crippen LogP contribution in [0.15, 0.2) is 0 Å². The summed E-state index contributed by atoms with van der Waals surface area (Å²) >= 11 is 0. The van der Waals surface area contributed by atoms with Gasteiger partial charge in [-0.1, -0.05) is 19.8 Å². The number of hydrogen-bond acceptors (Lipinski definition) is 1. The van der Waals surface area contributed by atoms with Gasteiger partial charge in [0.2, 0.25) is 0 Å². The maximum atomic E-state index is 10.5. The highest BCUT2D eigenvalue weighted by molar-refractivity contribution is 4.97. The largest absolute Gasteiger partial charge is 0.389 e. The van der Waals surface area contributed by atoms with Gasteiger partial charge in [0.15, 0.2) is 0 Å². The van der Waals surface area contributed by atoms with Crippen molar-refractivity contribution in [3.63, 3.8) is 0 Å². The zero-order chi connectivity index (χ0) is 8.60. The Morgan fingerprint density at radius 2 is 1.50 bits per heavy atom. The minimum absolute atomic E-state index is 0.267. The molecule has 0 aromatic heterocycles. The molecule has 2 aliphatic carbocycles. The summed E-state index contributed by atoms with van der Waals surface area (Å²) < 4.78 is 0. The summed E-state index contributed by atoms with van der Waals surface area (Å²) in [6.45, 7) is 2.15. The Hall–Kier alpha value is -0.0400. The molecule has 0 unspecified atom stereocenters. The lowest BCUT2D eigenvalue weighted by molar-refractivity contribution is -0.121. The van der Waals surface area contributed by atoms with Crippen LogP contribution in [-0.4, -0.2) is 10.7 Å². The molecule has 2 fully saturated rings. The second-order valence-electron chi connectivity index (χ2n) is 4.60. The van der Waals surface area contributed by atoms with E-state index in [2.05, 4.69) is 6.92 Å². The van der Waals surface area contributed by atoms with Crippen molar-refractivity contribution < 1.29 is 5.11 Å². The van der Waals surface area contributed by atoms with Crippen LogP contribution in [0, 0.1) is 11.8 Å². The minimum Gasteiger partial charge on any atom is -0.389 e. The molecule has 70 valence electrons. The number of hydrogen-bond donors (Lipinski definition) is 1. The van der Waals surface area contributed by atoms with E-state index in [1.54, 1.807) is 0 Å². The predicted molar refractivity (Wildman–Crippen MR) is 49.9 cm³/mol. The molecule has 0 spiro atoms. The fraction of sp³-hybridized carbons (Fsp3) is 1.00. The quantitative estimate of drug-likeness (QED) is 0.687. The smallest absolute Gasteiger partial charge is 0.0701 e. The molecule has 1 heteroatoms. The van der Waals surface area contributed by atoms with Gasteiger partial charge in [-0.25, -0.2) is 0 Å². The molecule has 0 radical (unpaired) electrons. The van der Waals surface area contributed by atoms with Crippen LogP contribution in [0.1, 0.15) is 51.9 Å². The van der Waals surface area contributed by atoms with Gasteiger partial charge in [-0.3, -0.25) is 0 Å². The fourth-order valence-electron chi connectivity index (χ4n) is 2.73. The average molecular weight is 168 g/mol. The Morgan fingerprint density at radius 3 is 1.67 bits per heavy atom. The van der Waals surface area contributed by atoms with Gasteiger partial charge in [-0.05, 0) is 43.9 Å². The van der Waals surface area contributed by atoms with Gasteiger partial charge in [0, 0.05) is 0 Å². The second kappa shape index (κ2) is 3.02. The Morgan fingerprint density at radius 1 is 1.08 bits per heavy atom. The van der Waals surface area contributed by atoms with E-state index in [-0.39, 0.29) is 5.60 Å². The topological polar surface area (TPSA) is 20.2 Å². The van der Waals surface area contributed by atoms with Crippen molar-refractivity contribution in [1.29, 1.82) is 0 Å². The Kier molecular flexibility index (Phi) is 2.16. The van der Waals surface area contributed by atoms with Crippen LogP contribution in [0.25, 0.3) is 0 Å². The minimum atomic E-state index is -0.267. The molecule has 0 aromatic rings. The van der Waals surface area contributed by atoms with Gasteiger partial charge < -0.3 is 5.11 Å². The van der Waals surface area contributed by atoms with Crippen LogP contribution in [0.3, 0.4) is 0 Å². The molecule has 0 bridgehead atoms. The molecule has 0 heterocycles. The summed E-state index contributed by atoms with van der Waals surface area (Å²) in [5.74, 6) is 1.29. The first-order chi connectivity index (χ1) is 5.77. The molecule has 1 N–H and O–H groups in total. The van der Waals surface area contributed by atoms with Crippen LogP contribution in [0.4, 0.5) is 0 Å². The van der Waals surface area contributed by atoms with Crippen molar-refractivity contribution >= 4 is 0 Å². The molecule has 2 saturated carbocycles. The third-order valence-corrected chi connectivity index (χ3v) is 4.19. The standard InChI is InChI=1S/C11H20O/c1-2-11(12,9-5-3-6-9)10-7-4-8-10/h9-10,12H,2-8H2,1H3. The van der Waals surface area contributed by atoms with E-state index < -0.39 is 0 Å². The Balaban J connectivity index is 2.00. The van der Waals surface area contributed by atoms with Crippen molar-refractivity contribution in [2.75, 3.05) is 0 Å². The molecule has 0 amide bonds. The lowest BCUT2D eigenvalue weighted by Crippen LogP contribution is -2.49. The van der Waals surface area contributed by atoms with Crippen LogP contribution < -0.4 is 0 Å². The summed E-state index contributed by atoms with van der Waals surface area (Å²) in [4.78, 5) is 0. The van der Waals surface area contributed by atoms with Crippen LogP contribution >= 0.6 is 0 Å². The highest BCUT2D eigenvalue weighted by Crippen LogP contribution is 2.48. The summed E-state index contributed by atoms with van der Waals surface area (Å²) in [7, 11) is 0. The molecule has 1 nitrogen and oxygen atoms in total. The third-order valence-electron chi connectivity index (χ3n) is 4.19. The highest BCUT2D eigenvalue weighted by Gasteiger charge is 2.46. The first-order valence-corrected chi connectivity index (χ1v) is 5.49. The summed E-state index contributed by atoms with van der Waals surface area (Å²) in [5.41, 5.74) is -0.267.